The minimum atomic E-state index is 0.123. The van der Waals surface area contributed by atoms with Gasteiger partial charge in [-0.25, -0.2) is 0 Å². The van der Waals surface area contributed by atoms with E-state index in [4.69, 9.17) is 5.73 Å². The summed E-state index contributed by atoms with van der Waals surface area (Å²) in [6, 6.07) is 13.3. The Labute approximate surface area is 132 Å². The zero-order chi connectivity index (χ0) is 15.2. The molecule has 1 aromatic heterocycles. The lowest BCUT2D eigenvalue weighted by Gasteiger charge is -2.34. The van der Waals surface area contributed by atoms with Crippen molar-refractivity contribution in [3.8, 4) is 0 Å². The molecule has 1 heterocycles. The first-order chi connectivity index (χ1) is 10.1. The summed E-state index contributed by atoms with van der Waals surface area (Å²) in [6.45, 7) is 8.57. The molecule has 2 atom stereocenters. The van der Waals surface area contributed by atoms with Gasteiger partial charge in [0, 0.05) is 17.5 Å². The first kappa shape index (κ1) is 16.2. The molecule has 0 aliphatic carbocycles. The van der Waals surface area contributed by atoms with Gasteiger partial charge in [0.1, 0.15) is 0 Å². The SMILES string of the molecule is CCCN(Cc1ccccc1)C(c1sccc1C)C(C)N. The maximum atomic E-state index is 6.35. The molecule has 2 aromatic rings. The molecule has 0 spiro atoms. The smallest absolute Gasteiger partial charge is 0.0596 e. The van der Waals surface area contributed by atoms with Crippen molar-refractivity contribution in [3.63, 3.8) is 0 Å². The van der Waals surface area contributed by atoms with Crippen LogP contribution in [0.1, 0.15) is 42.3 Å². The lowest BCUT2D eigenvalue weighted by atomic mass is 10.0. The summed E-state index contributed by atoms with van der Waals surface area (Å²) in [5.41, 5.74) is 9.06. The molecular formula is C18H26N2S. The molecule has 0 saturated heterocycles. The number of hydrogen-bond acceptors (Lipinski definition) is 3. The van der Waals surface area contributed by atoms with E-state index < -0.39 is 0 Å². The van der Waals surface area contributed by atoms with Gasteiger partial charge in [0.15, 0.2) is 0 Å². The van der Waals surface area contributed by atoms with Crippen molar-refractivity contribution in [1.82, 2.24) is 4.90 Å². The quantitative estimate of drug-likeness (QED) is 0.823. The van der Waals surface area contributed by atoms with Gasteiger partial charge in [-0.3, -0.25) is 4.90 Å². The van der Waals surface area contributed by atoms with Crippen molar-refractivity contribution in [3.05, 3.63) is 57.8 Å². The minimum Gasteiger partial charge on any atom is -0.326 e. The Morgan fingerprint density at radius 2 is 1.90 bits per heavy atom. The van der Waals surface area contributed by atoms with Gasteiger partial charge >= 0.3 is 0 Å². The maximum absolute atomic E-state index is 6.35. The second-order valence-electron chi connectivity index (χ2n) is 5.73. The highest BCUT2D eigenvalue weighted by atomic mass is 32.1. The Bertz CT molecular complexity index is 533. The molecule has 2 rings (SSSR count). The predicted molar refractivity (Wildman–Crippen MR) is 92.6 cm³/mol. The van der Waals surface area contributed by atoms with E-state index in [1.54, 1.807) is 0 Å². The van der Waals surface area contributed by atoms with Crippen molar-refractivity contribution in [2.45, 2.75) is 45.8 Å². The number of nitrogens with two attached hydrogens (primary N) is 1. The second-order valence-corrected chi connectivity index (χ2v) is 6.68. The zero-order valence-corrected chi connectivity index (χ0v) is 14.1. The van der Waals surface area contributed by atoms with Crippen LogP contribution in [0.3, 0.4) is 0 Å². The topological polar surface area (TPSA) is 29.3 Å². The highest BCUT2D eigenvalue weighted by Gasteiger charge is 2.26. The third kappa shape index (κ3) is 4.16. The van der Waals surface area contributed by atoms with Crippen LogP contribution in [0.25, 0.3) is 0 Å². The number of rotatable bonds is 7. The Balaban J connectivity index is 2.27. The van der Waals surface area contributed by atoms with E-state index in [-0.39, 0.29) is 6.04 Å². The molecule has 0 bridgehead atoms. The van der Waals surface area contributed by atoms with Gasteiger partial charge in [-0.2, -0.15) is 0 Å². The van der Waals surface area contributed by atoms with Crippen LogP contribution in [0, 0.1) is 6.92 Å². The molecule has 21 heavy (non-hydrogen) atoms. The van der Waals surface area contributed by atoms with Gasteiger partial charge in [0.05, 0.1) is 6.04 Å². The molecule has 2 unspecified atom stereocenters. The molecule has 114 valence electrons. The summed E-state index contributed by atoms with van der Waals surface area (Å²) < 4.78 is 0. The second kappa shape index (κ2) is 7.74. The van der Waals surface area contributed by atoms with E-state index in [1.807, 2.05) is 11.3 Å². The Kier molecular flexibility index (Phi) is 5.97. The third-order valence-corrected chi connectivity index (χ3v) is 4.89. The lowest BCUT2D eigenvalue weighted by molar-refractivity contribution is 0.170. The molecule has 1 aromatic carbocycles. The molecule has 0 saturated carbocycles. The van der Waals surface area contributed by atoms with Crippen molar-refractivity contribution >= 4 is 11.3 Å². The van der Waals surface area contributed by atoms with Crippen LogP contribution in [0.2, 0.25) is 0 Å². The Morgan fingerprint density at radius 1 is 1.19 bits per heavy atom. The summed E-state index contributed by atoms with van der Waals surface area (Å²) in [5, 5.41) is 2.17. The highest BCUT2D eigenvalue weighted by molar-refractivity contribution is 7.10. The molecule has 2 nitrogen and oxygen atoms in total. The lowest BCUT2D eigenvalue weighted by Crippen LogP contribution is -2.39. The van der Waals surface area contributed by atoms with Gasteiger partial charge in [-0.1, -0.05) is 37.3 Å². The van der Waals surface area contributed by atoms with Crippen molar-refractivity contribution in [2.75, 3.05) is 6.54 Å². The first-order valence-corrected chi connectivity index (χ1v) is 8.59. The van der Waals surface area contributed by atoms with Gasteiger partial charge in [-0.15, -0.1) is 11.3 Å². The summed E-state index contributed by atoms with van der Waals surface area (Å²) in [4.78, 5) is 3.94. The van der Waals surface area contributed by atoms with Crippen LogP contribution < -0.4 is 5.73 Å². The molecule has 0 aliphatic heterocycles. The van der Waals surface area contributed by atoms with E-state index in [1.165, 1.54) is 16.0 Å². The van der Waals surface area contributed by atoms with Crippen LogP contribution in [-0.4, -0.2) is 17.5 Å². The van der Waals surface area contributed by atoms with Crippen LogP contribution in [0.4, 0.5) is 0 Å². The molecule has 0 fully saturated rings. The largest absolute Gasteiger partial charge is 0.326 e. The molecular weight excluding hydrogens is 276 g/mol. The number of aryl methyl sites for hydroxylation is 1. The number of benzene rings is 1. The fraction of sp³-hybridized carbons (Fsp3) is 0.444. The number of hydrogen-bond donors (Lipinski definition) is 1. The van der Waals surface area contributed by atoms with Crippen molar-refractivity contribution < 1.29 is 0 Å². The molecule has 0 amide bonds. The van der Waals surface area contributed by atoms with Gasteiger partial charge < -0.3 is 5.73 Å². The van der Waals surface area contributed by atoms with Crippen LogP contribution in [-0.2, 0) is 6.54 Å². The third-order valence-electron chi connectivity index (χ3n) is 3.80. The fourth-order valence-corrected chi connectivity index (χ4v) is 4.02. The molecule has 2 N–H and O–H groups in total. The van der Waals surface area contributed by atoms with E-state index in [2.05, 4.69) is 67.4 Å². The van der Waals surface area contributed by atoms with Crippen molar-refractivity contribution in [1.29, 1.82) is 0 Å². The molecule has 0 aliphatic rings. The Morgan fingerprint density at radius 3 is 2.43 bits per heavy atom. The number of thiophene rings is 1. The first-order valence-electron chi connectivity index (χ1n) is 7.71. The summed E-state index contributed by atoms with van der Waals surface area (Å²) in [7, 11) is 0. The minimum absolute atomic E-state index is 0.123. The van der Waals surface area contributed by atoms with E-state index in [0.717, 1.165) is 19.5 Å². The highest BCUT2D eigenvalue weighted by Crippen LogP contribution is 2.32. The monoisotopic (exact) mass is 302 g/mol. The fourth-order valence-electron chi connectivity index (χ4n) is 2.85. The normalized spacial score (nSPS) is 14.3. The maximum Gasteiger partial charge on any atom is 0.0596 e. The molecule has 3 heteroatoms. The van der Waals surface area contributed by atoms with Gasteiger partial charge in [0.2, 0.25) is 0 Å². The molecule has 0 radical (unpaired) electrons. The standard InChI is InChI=1S/C18H26N2S/c1-4-11-20(13-16-8-6-5-7-9-16)17(15(3)19)18-14(2)10-12-21-18/h5-10,12,15,17H,4,11,13,19H2,1-3H3. The average molecular weight is 302 g/mol. The van der Waals surface area contributed by atoms with Crippen molar-refractivity contribution in [2.24, 2.45) is 5.73 Å². The van der Waals surface area contributed by atoms with E-state index in [9.17, 15) is 0 Å². The van der Waals surface area contributed by atoms with E-state index in [0.29, 0.717) is 6.04 Å². The van der Waals surface area contributed by atoms with Gasteiger partial charge in [-0.05, 0) is 49.4 Å². The predicted octanol–water partition coefficient (Wildman–Crippen LogP) is 4.36. The zero-order valence-electron chi connectivity index (χ0n) is 13.3. The summed E-state index contributed by atoms with van der Waals surface area (Å²) in [6.07, 6.45) is 1.14. The van der Waals surface area contributed by atoms with E-state index >= 15 is 0 Å². The van der Waals surface area contributed by atoms with Gasteiger partial charge in [0.25, 0.3) is 0 Å². The van der Waals surface area contributed by atoms with Crippen LogP contribution >= 0.6 is 11.3 Å². The Hall–Kier alpha value is -1.16. The van der Waals surface area contributed by atoms with Crippen LogP contribution in [0.15, 0.2) is 41.8 Å². The summed E-state index contributed by atoms with van der Waals surface area (Å²) >= 11 is 1.83. The van der Waals surface area contributed by atoms with Crippen LogP contribution in [0.5, 0.6) is 0 Å². The summed E-state index contributed by atoms with van der Waals surface area (Å²) in [5.74, 6) is 0. The average Bonchev–Trinajstić information content (AvgIpc) is 2.86. The number of nitrogens with zero attached hydrogens (tertiary/aromatic N) is 1.